The third-order valence-electron chi connectivity index (χ3n) is 5.93. The molecule has 0 saturated carbocycles. The fourth-order valence-electron chi connectivity index (χ4n) is 3.68. The Bertz CT molecular complexity index is 1320. The zero-order chi connectivity index (χ0) is 28.1. The molecule has 0 amide bonds. The Kier molecular flexibility index (Phi) is 15.5. The number of hydrogen-bond acceptors (Lipinski definition) is 2. The van der Waals surface area contributed by atoms with Crippen LogP contribution in [0.15, 0.2) is 114 Å². The van der Waals surface area contributed by atoms with E-state index in [4.69, 9.17) is 5.73 Å². The first-order valence-corrected chi connectivity index (χ1v) is 15.9. The van der Waals surface area contributed by atoms with Gasteiger partial charge in [0.05, 0.1) is 0 Å². The molecule has 4 nitrogen and oxygen atoms in total. The van der Waals surface area contributed by atoms with Gasteiger partial charge >= 0.3 is 27.0 Å². The second kappa shape index (κ2) is 17.4. The van der Waals surface area contributed by atoms with E-state index >= 15 is 0 Å². The minimum absolute atomic E-state index is 0. The summed E-state index contributed by atoms with van der Waals surface area (Å²) in [6, 6.07) is 32.0. The average molecular weight is 650 g/mol. The predicted octanol–water partition coefficient (Wildman–Crippen LogP) is 9.85. The quantitative estimate of drug-likeness (QED) is 0.148. The van der Waals surface area contributed by atoms with E-state index in [1.807, 2.05) is 84.9 Å². The monoisotopic (exact) mass is 650 g/mol. The Morgan fingerprint density at radius 2 is 1.08 bits per heavy atom. The van der Waals surface area contributed by atoms with Gasteiger partial charge in [-0.05, 0) is 37.5 Å². The van der Waals surface area contributed by atoms with Gasteiger partial charge in [-0.1, -0.05) is 133 Å². The molecule has 1 N–H and O–H groups in total. The molecule has 2 atom stereocenters. The van der Waals surface area contributed by atoms with Gasteiger partial charge in [-0.2, -0.15) is 0 Å². The van der Waals surface area contributed by atoms with Gasteiger partial charge in [0.15, 0.2) is 0 Å². The third-order valence-corrected chi connectivity index (χ3v) is 7.30. The summed E-state index contributed by atoms with van der Waals surface area (Å²) in [7, 11) is 0.696. The number of nitrogens with zero attached hydrogens (tertiary/aromatic N) is 1. The van der Waals surface area contributed by atoms with E-state index in [1.165, 1.54) is 11.1 Å². The summed E-state index contributed by atoms with van der Waals surface area (Å²) in [4.78, 5) is 0.143. The van der Waals surface area contributed by atoms with Crippen molar-refractivity contribution in [1.29, 1.82) is 0 Å². The summed E-state index contributed by atoms with van der Waals surface area (Å²) in [6.07, 6.45) is 0. The molecule has 208 valence electrons. The molecule has 0 bridgehead atoms. The van der Waals surface area contributed by atoms with Crippen molar-refractivity contribution in [3.05, 3.63) is 155 Å². The molecule has 0 heterocycles. The van der Waals surface area contributed by atoms with E-state index < -0.39 is 22.1 Å². The van der Waals surface area contributed by atoms with E-state index in [-0.39, 0.29) is 12.3 Å². The molecule has 0 aliphatic carbocycles. The first-order chi connectivity index (χ1) is 18.2. The number of hydrogen-bond donors (Lipinski definition) is 0. The summed E-state index contributed by atoms with van der Waals surface area (Å²) in [6.45, 7) is 8.44. The zero-order valence-corrected chi connectivity index (χ0v) is 26.3. The van der Waals surface area contributed by atoms with Crippen molar-refractivity contribution in [2.45, 2.75) is 50.6 Å². The van der Waals surface area contributed by atoms with Crippen LogP contribution in [-0.2, 0) is 27.3 Å². The van der Waals surface area contributed by atoms with Crippen LogP contribution in [0.4, 0.5) is 0 Å². The van der Waals surface area contributed by atoms with Crippen molar-refractivity contribution >= 4 is 19.7 Å². The summed E-state index contributed by atoms with van der Waals surface area (Å²) in [5.41, 5.74) is 13.8. The second-order valence-corrected chi connectivity index (χ2v) is 10.8. The molecule has 0 aliphatic rings. The number of rotatable bonds is 7. The molecule has 0 radical (unpaired) electrons. The van der Waals surface area contributed by atoms with E-state index in [0.717, 1.165) is 11.1 Å². The number of halogens is 1. The van der Waals surface area contributed by atoms with Crippen molar-refractivity contribution < 1.29 is 25.7 Å². The van der Waals surface area contributed by atoms with Crippen LogP contribution in [0.25, 0.3) is 10.5 Å². The molecule has 0 fully saturated rings. The molecule has 0 aromatic heterocycles. The molecular weight excluding hydrogens is 613 g/mol. The first kappa shape index (κ1) is 34.7. The van der Waals surface area contributed by atoms with Gasteiger partial charge in [0.2, 0.25) is 0 Å². The number of sulfonamides is 1. The molecule has 4 aromatic rings. The van der Waals surface area contributed by atoms with Gasteiger partial charge in [-0.3, -0.25) is 0 Å². The molecule has 39 heavy (non-hydrogen) atoms. The van der Waals surface area contributed by atoms with Crippen LogP contribution in [0, 0.1) is 21.3 Å². The summed E-state index contributed by atoms with van der Waals surface area (Å²) in [5.74, 6) is 0.653. The second-order valence-electron chi connectivity index (χ2n) is 9.20. The van der Waals surface area contributed by atoms with Crippen molar-refractivity contribution in [2.75, 3.05) is 0 Å². The van der Waals surface area contributed by atoms with Gasteiger partial charge in [0.25, 0.3) is 0 Å². The Morgan fingerprint density at radius 3 is 1.51 bits per heavy atom. The first-order valence-electron chi connectivity index (χ1n) is 12.2. The molecule has 0 saturated heterocycles. The summed E-state index contributed by atoms with van der Waals surface area (Å²) in [5, 5.41) is 0. The molecule has 7 heteroatoms. The van der Waals surface area contributed by atoms with Gasteiger partial charge in [0, 0.05) is 4.90 Å². The Morgan fingerprint density at radius 1 is 0.667 bits per heavy atom. The van der Waals surface area contributed by atoms with Gasteiger partial charge in [-0.25, -0.2) is 8.42 Å². The fraction of sp³-hybridized carbons (Fsp3) is 0.219. The molecule has 0 spiro atoms. The van der Waals surface area contributed by atoms with Crippen molar-refractivity contribution in [3.8, 4) is 0 Å². The molecule has 4 rings (SSSR count). The van der Waals surface area contributed by atoms with E-state index in [9.17, 15) is 8.42 Å². The van der Waals surface area contributed by atoms with Crippen molar-refractivity contribution in [2.24, 2.45) is 0 Å². The van der Waals surface area contributed by atoms with Crippen LogP contribution < -0.4 is 0 Å². The number of nitrogens with one attached hydrogen (secondary N) is 1. The van der Waals surface area contributed by atoms with Crippen LogP contribution in [0.5, 0.6) is 0 Å². The maximum atomic E-state index is 12.8. The van der Waals surface area contributed by atoms with E-state index in [1.54, 1.807) is 24.3 Å². The number of aryl methyl sites for hydroxylation is 2. The standard InChI is InChI=1S/C21H20N2O2S.C10H14.CH3.ClH.Ru/c1-16-12-14-19(15-13-16)26(24,25)23-21(18-10-6-3-7-11-18)20(22)17-8-4-2-5-9-17;1-8(2)10-6-4-9(3)5-7-10;;;/h2-15,20-22H,1H3;4-8H,1-3H3;1H3;1H;/q-2;;-1;;+4/p-1/t20?,21-;;;;/m1..../s1. The minimum atomic E-state index is -3.87. The molecule has 1 unspecified atom stereocenters. The van der Waals surface area contributed by atoms with Crippen LogP contribution >= 0.6 is 9.69 Å². The molecular formula is C32H37ClN2O2RuS. The SMILES string of the molecule is Cc1ccc(C(C)C)cc1.Cc1ccc(S(=O)(=O)[N-][C@H](c2ccccc2)C([NH-])c2ccccc2)cc1.[CH3-].[Cl][Ru+3]. The van der Waals surface area contributed by atoms with Crippen molar-refractivity contribution in [3.63, 3.8) is 0 Å². The number of benzene rings is 4. The van der Waals surface area contributed by atoms with Crippen LogP contribution in [0.1, 0.15) is 59.7 Å². The van der Waals surface area contributed by atoms with Gasteiger partial charge in [0.1, 0.15) is 10.0 Å². The van der Waals surface area contributed by atoms with Crippen molar-refractivity contribution in [1.82, 2.24) is 0 Å². The normalized spacial score (nSPS) is 12.1. The van der Waals surface area contributed by atoms with Crippen LogP contribution in [-0.4, -0.2) is 8.42 Å². The molecule has 4 aromatic carbocycles. The third kappa shape index (κ3) is 11.0. The van der Waals surface area contributed by atoms with E-state index in [0.29, 0.717) is 11.5 Å². The molecule has 0 aliphatic heterocycles. The van der Waals surface area contributed by atoms with E-state index in [2.05, 4.69) is 59.4 Å². The topological polar surface area (TPSA) is 72.0 Å². The predicted molar refractivity (Wildman–Crippen MR) is 162 cm³/mol. The summed E-state index contributed by atoms with van der Waals surface area (Å²) < 4.78 is 29.8. The maximum absolute atomic E-state index is 12.8. The Labute approximate surface area is 249 Å². The Hall–Kier alpha value is -2.34. The van der Waals surface area contributed by atoms with Crippen LogP contribution in [0.3, 0.4) is 0 Å². The summed E-state index contributed by atoms with van der Waals surface area (Å²) >= 11 is 1.82. The zero-order valence-electron chi connectivity index (χ0n) is 23.0. The average Bonchev–Trinajstić information content (AvgIpc) is 2.94. The van der Waals surface area contributed by atoms with Gasteiger partial charge in [-0.15, -0.1) is 12.1 Å². The van der Waals surface area contributed by atoms with Crippen LogP contribution in [0.2, 0.25) is 0 Å². The fourth-order valence-corrected chi connectivity index (χ4v) is 4.82. The Balaban J connectivity index is 0.000000493. The van der Waals surface area contributed by atoms with Gasteiger partial charge < -0.3 is 17.9 Å².